The van der Waals surface area contributed by atoms with Crippen LogP contribution in [0.25, 0.3) is 0 Å². The quantitative estimate of drug-likeness (QED) is 0.680. The van der Waals surface area contributed by atoms with Gasteiger partial charge in [-0.15, -0.1) is 0 Å². The van der Waals surface area contributed by atoms with E-state index in [-0.39, 0.29) is 10.7 Å². The van der Waals surface area contributed by atoms with Crippen LogP contribution < -0.4 is 0 Å². The number of aliphatic hydroxyl groups is 3. The van der Waals surface area contributed by atoms with Crippen molar-refractivity contribution in [1.29, 1.82) is 0 Å². The highest BCUT2D eigenvalue weighted by atomic mass is 35.5. The Labute approximate surface area is 90.7 Å². The second kappa shape index (κ2) is 4.91. The van der Waals surface area contributed by atoms with E-state index in [1.165, 1.54) is 12.3 Å². The smallest absolute Gasteiger partial charge is 0.135 e. The maximum Gasteiger partial charge on any atom is 0.135 e. The van der Waals surface area contributed by atoms with Gasteiger partial charge >= 0.3 is 0 Å². The van der Waals surface area contributed by atoms with Crippen molar-refractivity contribution in [3.63, 3.8) is 0 Å². The molecule has 0 aromatic carbocycles. The second-order valence-electron chi connectivity index (χ2n) is 2.73. The molecule has 2 atom stereocenters. The molecule has 0 saturated heterocycles. The number of aliphatic hydroxyl groups excluding tert-OH is 3. The second-order valence-corrected chi connectivity index (χ2v) is 3.52. The Hall–Kier alpha value is -0.390. The molecular formula is C8H9Cl2NO3. The molecule has 1 aromatic rings. The molecule has 6 heteroatoms. The summed E-state index contributed by atoms with van der Waals surface area (Å²) in [6.45, 7) is -0.565. The van der Waals surface area contributed by atoms with Crippen LogP contribution in [0, 0.1) is 0 Å². The topological polar surface area (TPSA) is 73.6 Å². The van der Waals surface area contributed by atoms with Gasteiger partial charge < -0.3 is 15.3 Å². The number of halogens is 2. The third-order valence-corrected chi connectivity index (χ3v) is 2.23. The molecule has 0 spiro atoms. The van der Waals surface area contributed by atoms with Gasteiger partial charge in [0.25, 0.3) is 0 Å². The molecule has 0 radical (unpaired) electrons. The van der Waals surface area contributed by atoms with Gasteiger partial charge in [-0.2, -0.15) is 0 Å². The molecule has 0 saturated carbocycles. The normalized spacial score (nSPS) is 15.2. The lowest BCUT2D eigenvalue weighted by atomic mass is 10.1. The summed E-state index contributed by atoms with van der Waals surface area (Å²) in [4.78, 5) is 3.70. The van der Waals surface area contributed by atoms with Crippen molar-refractivity contribution in [2.75, 3.05) is 6.61 Å². The van der Waals surface area contributed by atoms with E-state index in [1.54, 1.807) is 0 Å². The van der Waals surface area contributed by atoms with E-state index in [9.17, 15) is 5.11 Å². The van der Waals surface area contributed by atoms with Crippen LogP contribution in [0.4, 0.5) is 0 Å². The summed E-state index contributed by atoms with van der Waals surface area (Å²) in [5, 5.41) is 27.6. The van der Waals surface area contributed by atoms with Crippen LogP contribution in [-0.4, -0.2) is 33.0 Å². The van der Waals surface area contributed by atoms with Crippen molar-refractivity contribution in [3.8, 4) is 0 Å². The number of nitrogens with zero attached hydrogens (tertiary/aromatic N) is 1. The van der Waals surface area contributed by atoms with Crippen LogP contribution >= 0.6 is 23.2 Å². The van der Waals surface area contributed by atoms with Crippen molar-refractivity contribution in [2.24, 2.45) is 0 Å². The first-order valence-electron chi connectivity index (χ1n) is 3.84. The molecule has 0 aliphatic carbocycles. The number of pyridine rings is 1. The lowest BCUT2D eigenvalue weighted by Gasteiger charge is -2.16. The fraction of sp³-hybridized carbons (Fsp3) is 0.375. The van der Waals surface area contributed by atoms with Crippen molar-refractivity contribution < 1.29 is 15.3 Å². The molecule has 1 aromatic heterocycles. The molecule has 1 heterocycles. The summed E-state index contributed by atoms with van der Waals surface area (Å²) in [6.07, 6.45) is -1.27. The van der Waals surface area contributed by atoms with Gasteiger partial charge in [0.15, 0.2) is 0 Å². The Morgan fingerprint density at radius 2 is 2.00 bits per heavy atom. The van der Waals surface area contributed by atoms with Crippen LogP contribution in [-0.2, 0) is 0 Å². The number of hydrogen-bond donors (Lipinski definition) is 3. The summed E-state index contributed by atoms with van der Waals surface area (Å²) in [5.74, 6) is 0. The molecule has 2 unspecified atom stereocenters. The van der Waals surface area contributed by atoms with E-state index >= 15 is 0 Å². The van der Waals surface area contributed by atoms with E-state index < -0.39 is 18.8 Å². The summed E-state index contributed by atoms with van der Waals surface area (Å²) >= 11 is 11.3. The lowest BCUT2D eigenvalue weighted by Crippen LogP contribution is -2.22. The largest absolute Gasteiger partial charge is 0.394 e. The minimum absolute atomic E-state index is 0.0504. The van der Waals surface area contributed by atoms with Crippen LogP contribution in [0.2, 0.25) is 10.2 Å². The molecule has 0 fully saturated rings. The molecule has 14 heavy (non-hydrogen) atoms. The highest BCUT2D eigenvalue weighted by Gasteiger charge is 2.20. The first kappa shape index (κ1) is 11.7. The van der Waals surface area contributed by atoms with Gasteiger partial charge in [0.2, 0.25) is 0 Å². The Morgan fingerprint density at radius 3 is 2.57 bits per heavy atom. The molecular weight excluding hydrogens is 229 g/mol. The predicted molar refractivity (Wildman–Crippen MR) is 52.3 cm³/mol. The van der Waals surface area contributed by atoms with Gasteiger partial charge in [-0.1, -0.05) is 23.2 Å². The SMILES string of the molecule is OCC(O)C(O)c1cc(Cl)cnc1Cl. The van der Waals surface area contributed by atoms with Gasteiger partial charge in [0.05, 0.1) is 11.6 Å². The van der Waals surface area contributed by atoms with Crippen LogP contribution in [0.5, 0.6) is 0 Å². The summed E-state index contributed by atoms with van der Waals surface area (Å²) in [5.41, 5.74) is 0.195. The summed E-state index contributed by atoms with van der Waals surface area (Å²) in [6, 6.07) is 1.39. The molecule has 0 aliphatic heterocycles. The van der Waals surface area contributed by atoms with Crippen LogP contribution in [0.15, 0.2) is 12.3 Å². The van der Waals surface area contributed by atoms with E-state index in [0.717, 1.165) is 0 Å². The Balaban J connectivity index is 2.99. The van der Waals surface area contributed by atoms with E-state index in [1.807, 2.05) is 0 Å². The van der Waals surface area contributed by atoms with E-state index in [0.29, 0.717) is 5.02 Å². The van der Waals surface area contributed by atoms with E-state index in [2.05, 4.69) is 4.98 Å². The number of rotatable bonds is 3. The zero-order valence-corrected chi connectivity index (χ0v) is 8.57. The average Bonchev–Trinajstić information content (AvgIpc) is 2.19. The van der Waals surface area contributed by atoms with Gasteiger partial charge in [0.1, 0.15) is 17.4 Å². The number of hydrogen-bond acceptors (Lipinski definition) is 4. The summed E-state index contributed by atoms with van der Waals surface area (Å²) in [7, 11) is 0. The van der Waals surface area contributed by atoms with Gasteiger partial charge in [0, 0.05) is 11.8 Å². The molecule has 78 valence electrons. The zero-order valence-electron chi connectivity index (χ0n) is 7.06. The highest BCUT2D eigenvalue weighted by Crippen LogP contribution is 2.25. The Bertz CT molecular complexity index is 321. The third-order valence-electron chi connectivity index (χ3n) is 1.70. The third kappa shape index (κ3) is 2.56. The van der Waals surface area contributed by atoms with Gasteiger partial charge in [-0.05, 0) is 6.07 Å². The maximum atomic E-state index is 9.50. The average molecular weight is 238 g/mol. The van der Waals surface area contributed by atoms with Crippen LogP contribution in [0.3, 0.4) is 0 Å². The van der Waals surface area contributed by atoms with Gasteiger partial charge in [-0.3, -0.25) is 0 Å². The summed E-state index contributed by atoms with van der Waals surface area (Å²) < 4.78 is 0. The van der Waals surface area contributed by atoms with Crippen molar-refractivity contribution in [1.82, 2.24) is 4.98 Å². The van der Waals surface area contributed by atoms with Gasteiger partial charge in [-0.25, -0.2) is 4.98 Å². The first-order chi connectivity index (χ1) is 6.56. The minimum atomic E-state index is -1.30. The Morgan fingerprint density at radius 1 is 1.36 bits per heavy atom. The molecule has 0 aliphatic rings. The molecule has 0 amide bonds. The minimum Gasteiger partial charge on any atom is -0.394 e. The van der Waals surface area contributed by atoms with E-state index in [4.69, 9.17) is 33.4 Å². The van der Waals surface area contributed by atoms with Crippen molar-refractivity contribution in [2.45, 2.75) is 12.2 Å². The predicted octanol–water partition coefficient (Wildman–Crippen LogP) is 0.775. The molecule has 4 nitrogen and oxygen atoms in total. The Kier molecular flexibility index (Phi) is 4.10. The molecule has 1 rings (SSSR count). The molecule has 3 N–H and O–H groups in total. The monoisotopic (exact) mass is 237 g/mol. The molecule has 0 bridgehead atoms. The van der Waals surface area contributed by atoms with Crippen molar-refractivity contribution >= 4 is 23.2 Å². The fourth-order valence-corrected chi connectivity index (χ4v) is 1.33. The maximum absolute atomic E-state index is 9.50. The standard InChI is InChI=1S/C8H9Cl2NO3/c9-4-1-5(8(10)11-2-4)7(14)6(13)3-12/h1-2,6-7,12-14H,3H2. The number of aromatic nitrogens is 1. The zero-order chi connectivity index (χ0) is 10.7. The van der Waals surface area contributed by atoms with Crippen molar-refractivity contribution in [3.05, 3.63) is 28.0 Å². The fourth-order valence-electron chi connectivity index (χ4n) is 0.953. The van der Waals surface area contributed by atoms with Crippen LogP contribution in [0.1, 0.15) is 11.7 Å². The highest BCUT2D eigenvalue weighted by molar-refractivity contribution is 6.32. The first-order valence-corrected chi connectivity index (χ1v) is 4.59. The lowest BCUT2D eigenvalue weighted by molar-refractivity contribution is -0.0153.